The zero-order valence-corrected chi connectivity index (χ0v) is 11.3. The van der Waals surface area contributed by atoms with E-state index in [1.807, 2.05) is 13.8 Å². The summed E-state index contributed by atoms with van der Waals surface area (Å²) >= 11 is 0. The molecular weight excluding hydrogens is 267 g/mol. The predicted molar refractivity (Wildman–Crippen MR) is 70.0 cm³/mol. The van der Waals surface area contributed by atoms with E-state index in [2.05, 4.69) is 15.5 Å². The van der Waals surface area contributed by atoms with Gasteiger partial charge >= 0.3 is 6.18 Å². The summed E-state index contributed by atoms with van der Waals surface area (Å²) in [6.07, 6.45) is -2.55. The third kappa shape index (κ3) is 3.39. The highest BCUT2D eigenvalue weighted by atomic mass is 19.4. The summed E-state index contributed by atoms with van der Waals surface area (Å²) < 4.78 is 37.4. The normalized spacial score (nSPS) is 13.4. The smallest absolute Gasteiger partial charge is 0.306 e. The van der Waals surface area contributed by atoms with E-state index in [1.54, 1.807) is 6.20 Å². The second kappa shape index (κ2) is 5.66. The molecule has 1 aromatic heterocycles. The maximum Gasteiger partial charge on any atom is 0.416 e. The minimum absolute atomic E-state index is 0.0356. The average molecular weight is 283 g/mol. The number of aromatic nitrogens is 2. The summed E-state index contributed by atoms with van der Waals surface area (Å²) in [5.74, 6) is 0. The Morgan fingerprint density at radius 1 is 1.25 bits per heavy atom. The summed E-state index contributed by atoms with van der Waals surface area (Å²) in [5, 5.41) is 10.0. The van der Waals surface area contributed by atoms with Gasteiger partial charge in [0.25, 0.3) is 0 Å². The first kappa shape index (κ1) is 14.6. The molecule has 0 aliphatic rings. The molecule has 1 atom stereocenters. The number of H-pyrrole nitrogens is 1. The van der Waals surface area contributed by atoms with Gasteiger partial charge in [-0.3, -0.25) is 5.10 Å². The van der Waals surface area contributed by atoms with E-state index in [0.29, 0.717) is 6.54 Å². The molecule has 2 N–H and O–H groups in total. The van der Waals surface area contributed by atoms with E-state index in [-0.39, 0.29) is 6.04 Å². The van der Waals surface area contributed by atoms with Gasteiger partial charge in [0, 0.05) is 23.8 Å². The molecule has 0 aliphatic carbocycles. The lowest BCUT2D eigenvalue weighted by atomic mass is 10.1. The molecule has 0 spiro atoms. The first-order valence-corrected chi connectivity index (χ1v) is 6.27. The number of hydrogen-bond acceptors (Lipinski definition) is 2. The summed E-state index contributed by atoms with van der Waals surface area (Å²) in [4.78, 5) is 0. The monoisotopic (exact) mass is 283 g/mol. The summed E-state index contributed by atoms with van der Waals surface area (Å²) in [6.45, 7) is 4.45. The van der Waals surface area contributed by atoms with Crippen LogP contribution in [0.3, 0.4) is 0 Å². The molecule has 2 rings (SSSR count). The van der Waals surface area contributed by atoms with E-state index in [0.717, 1.165) is 29.0 Å². The molecule has 20 heavy (non-hydrogen) atoms. The molecule has 0 unspecified atom stereocenters. The molecule has 0 aliphatic heterocycles. The number of aromatic amines is 1. The third-order valence-corrected chi connectivity index (χ3v) is 3.27. The lowest BCUT2D eigenvalue weighted by Crippen LogP contribution is -2.18. The summed E-state index contributed by atoms with van der Waals surface area (Å²) in [6, 6.07) is 5.19. The van der Waals surface area contributed by atoms with Gasteiger partial charge in [-0.15, -0.1) is 0 Å². The van der Waals surface area contributed by atoms with Gasteiger partial charge < -0.3 is 5.32 Å². The SMILES string of the molecule is Cc1[nH]ncc1CN[C@H](C)c1ccc(C(F)(F)F)cc1. The highest BCUT2D eigenvalue weighted by molar-refractivity contribution is 5.26. The van der Waals surface area contributed by atoms with Gasteiger partial charge in [-0.25, -0.2) is 0 Å². The van der Waals surface area contributed by atoms with Crippen LogP contribution in [0.25, 0.3) is 0 Å². The average Bonchev–Trinajstić information content (AvgIpc) is 2.81. The fourth-order valence-electron chi connectivity index (χ4n) is 1.90. The third-order valence-electron chi connectivity index (χ3n) is 3.27. The molecule has 0 bridgehead atoms. The van der Waals surface area contributed by atoms with Crippen molar-refractivity contribution in [3.63, 3.8) is 0 Å². The zero-order valence-electron chi connectivity index (χ0n) is 11.3. The van der Waals surface area contributed by atoms with Gasteiger partial charge in [0.1, 0.15) is 0 Å². The Morgan fingerprint density at radius 3 is 2.40 bits per heavy atom. The van der Waals surface area contributed by atoms with Crippen molar-refractivity contribution in [3.8, 4) is 0 Å². The Balaban J connectivity index is 1.99. The van der Waals surface area contributed by atoms with E-state index in [1.165, 1.54) is 12.1 Å². The Morgan fingerprint density at radius 2 is 1.90 bits per heavy atom. The van der Waals surface area contributed by atoms with Gasteiger partial charge in [-0.05, 0) is 31.5 Å². The number of hydrogen-bond donors (Lipinski definition) is 2. The highest BCUT2D eigenvalue weighted by Gasteiger charge is 2.30. The van der Waals surface area contributed by atoms with Crippen LogP contribution >= 0.6 is 0 Å². The molecule has 0 radical (unpaired) electrons. The number of aryl methyl sites for hydroxylation is 1. The molecule has 6 heteroatoms. The maximum atomic E-state index is 12.5. The van der Waals surface area contributed by atoms with Crippen LogP contribution in [-0.2, 0) is 12.7 Å². The minimum Gasteiger partial charge on any atom is -0.306 e. The fraction of sp³-hybridized carbons (Fsp3) is 0.357. The Bertz CT molecular complexity index is 558. The van der Waals surface area contributed by atoms with Crippen LogP contribution in [0.5, 0.6) is 0 Å². The molecule has 0 saturated carbocycles. The molecule has 0 saturated heterocycles. The summed E-state index contributed by atoms with van der Waals surface area (Å²) in [7, 11) is 0. The first-order valence-electron chi connectivity index (χ1n) is 6.27. The molecule has 108 valence electrons. The van der Waals surface area contributed by atoms with Crippen molar-refractivity contribution in [2.24, 2.45) is 0 Å². The number of alkyl halides is 3. The van der Waals surface area contributed by atoms with Gasteiger partial charge in [-0.1, -0.05) is 12.1 Å². The van der Waals surface area contributed by atoms with Crippen LogP contribution in [0.2, 0.25) is 0 Å². The number of nitrogens with zero attached hydrogens (tertiary/aromatic N) is 1. The molecule has 0 amide bonds. The highest BCUT2D eigenvalue weighted by Crippen LogP contribution is 2.29. The van der Waals surface area contributed by atoms with Crippen LogP contribution in [0.15, 0.2) is 30.5 Å². The second-order valence-corrected chi connectivity index (χ2v) is 4.74. The van der Waals surface area contributed by atoms with Crippen molar-refractivity contribution in [1.82, 2.24) is 15.5 Å². The predicted octanol–water partition coefficient (Wildman–Crippen LogP) is 3.59. The van der Waals surface area contributed by atoms with Crippen LogP contribution in [-0.4, -0.2) is 10.2 Å². The van der Waals surface area contributed by atoms with Crippen molar-refractivity contribution >= 4 is 0 Å². The number of halogens is 3. The van der Waals surface area contributed by atoms with Gasteiger partial charge in [0.05, 0.1) is 11.8 Å². The standard InChI is InChI=1S/C14H16F3N3/c1-9(18-7-12-8-19-20-10(12)2)11-3-5-13(6-4-11)14(15,16)17/h3-6,8-9,18H,7H2,1-2H3,(H,19,20)/t9-/m1/s1. The van der Waals surface area contributed by atoms with Crippen molar-refractivity contribution < 1.29 is 13.2 Å². The first-order chi connectivity index (χ1) is 9.38. The van der Waals surface area contributed by atoms with E-state index < -0.39 is 11.7 Å². The molecule has 3 nitrogen and oxygen atoms in total. The van der Waals surface area contributed by atoms with Crippen LogP contribution in [0.1, 0.15) is 35.3 Å². The molecule has 0 fully saturated rings. The zero-order chi connectivity index (χ0) is 14.8. The van der Waals surface area contributed by atoms with Gasteiger partial charge in [0.2, 0.25) is 0 Å². The maximum absolute atomic E-state index is 12.5. The second-order valence-electron chi connectivity index (χ2n) is 4.74. The molecular formula is C14H16F3N3. The number of nitrogens with one attached hydrogen (secondary N) is 2. The number of rotatable bonds is 4. The molecule has 1 heterocycles. The molecule has 1 aromatic carbocycles. The van der Waals surface area contributed by atoms with Gasteiger partial charge in [0.15, 0.2) is 0 Å². The molecule has 2 aromatic rings. The lowest BCUT2D eigenvalue weighted by molar-refractivity contribution is -0.137. The Hall–Kier alpha value is -1.82. The van der Waals surface area contributed by atoms with Crippen LogP contribution < -0.4 is 5.32 Å². The fourth-order valence-corrected chi connectivity index (χ4v) is 1.90. The van der Waals surface area contributed by atoms with E-state index in [4.69, 9.17) is 0 Å². The van der Waals surface area contributed by atoms with Crippen molar-refractivity contribution in [3.05, 3.63) is 52.8 Å². The van der Waals surface area contributed by atoms with E-state index in [9.17, 15) is 13.2 Å². The van der Waals surface area contributed by atoms with Crippen molar-refractivity contribution in [2.45, 2.75) is 32.6 Å². The minimum atomic E-state index is -4.29. The largest absolute Gasteiger partial charge is 0.416 e. The Labute approximate surface area is 115 Å². The quantitative estimate of drug-likeness (QED) is 0.900. The topological polar surface area (TPSA) is 40.7 Å². The summed E-state index contributed by atoms with van der Waals surface area (Å²) in [5.41, 5.74) is 2.22. The van der Waals surface area contributed by atoms with Crippen LogP contribution in [0.4, 0.5) is 13.2 Å². The van der Waals surface area contributed by atoms with Gasteiger partial charge in [-0.2, -0.15) is 18.3 Å². The Kier molecular flexibility index (Phi) is 4.13. The van der Waals surface area contributed by atoms with Crippen molar-refractivity contribution in [2.75, 3.05) is 0 Å². The number of benzene rings is 1. The van der Waals surface area contributed by atoms with E-state index >= 15 is 0 Å². The van der Waals surface area contributed by atoms with Crippen molar-refractivity contribution in [1.29, 1.82) is 0 Å². The van der Waals surface area contributed by atoms with Crippen LogP contribution in [0, 0.1) is 6.92 Å². The lowest BCUT2D eigenvalue weighted by Gasteiger charge is -2.15.